The number of aldehydes is 1. The fourth-order valence-electron chi connectivity index (χ4n) is 2.13. The fourth-order valence-corrected chi connectivity index (χ4v) is 2.46. The highest BCUT2D eigenvalue weighted by Gasteiger charge is 2.54. The van der Waals surface area contributed by atoms with Gasteiger partial charge in [-0.3, -0.25) is 0 Å². The van der Waals surface area contributed by atoms with E-state index in [4.69, 9.17) is 14.2 Å². The van der Waals surface area contributed by atoms with Crippen LogP contribution in [0.4, 0.5) is 0 Å². The molecule has 92 valence electrons. The molecule has 2 heterocycles. The summed E-state index contributed by atoms with van der Waals surface area (Å²) in [5, 5.41) is 0.976. The predicted molar refractivity (Wildman–Crippen MR) is 61.6 cm³/mol. The molecule has 5 heteroatoms. The highest BCUT2D eigenvalue weighted by atomic mass is 79.9. The summed E-state index contributed by atoms with van der Waals surface area (Å²) >= 11 is 3.39. The van der Waals surface area contributed by atoms with E-state index in [9.17, 15) is 4.79 Å². The van der Waals surface area contributed by atoms with Crippen LogP contribution in [0.25, 0.3) is 0 Å². The number of hydrogen-bond acceptors (Lipinski definition) is 4. The number of hydrogen-bond donors (Lipinski definition) is 0. The Bertz CT molecular complexity index is 269. The number of epoxide rings is 1. The van der Waals surface area contributed by atoms with E-state index in [0.717, 1.165) is 24.5 Å². The summed E-state index contributed by atoms with van der Waals surface area (Å²) < 4.78 is 16.7. The van der Waals surface area contributed by atoms with Crippen molar-refractivity contribution >= 4 is 22.2 Å². The first-order valence-corrected chi connectivity index (χ1v) is 6.72. The van der Waals surface area contributed by atoms with Gasteiger partial charge < -0.3 is 19.0 Å². The summed E-state index contributed by atoms with van der Waals surface area (Å²) in [7, 11) is 0. The van der Waals surface area contributed by atoms with Gasteiger partial charge in [0, 0.05) is 5.33 Å². The van der Waals surface area contributed by atoms with Crippen molar-refractivity contribution in [2.45, 2.75) is 56.9 Å². The largest absolute Gasteiger partial charge is 0.367 e. The fraction of sp³-hybridized carbons (Fsp3) is 0.909. The quantitative estimate of drug-likeness (QED) is 0.439. The lowest BCUT2D eigenvalue weighted by Crippen LogP contribution is -2.30. The molecule has 0 N–H and O–H groups in total. The van der Waals surface area contributed by atoms with Crippen LogP contribution < -0.4 is 0 Å². The van der Waals surface area contributed by atoms with Crippen LogP contribution in [0.3, 0.4) is 0 Å². The van der Waals surface area contributed by atoms with Gasteiger partial charge in [0.2, 0.25) is 0 Å². The first-order chi connectivity index (χ1) is 7.57. The third kappa shape index (κ3) is 2.64. The summed E-state index contributed by atoms with van der Waals surface area (Å²) in [5.41, 5.74) is 0. The van der Waals surface area contributed by atoms with E-state index in [2.05, 4.69) is 15.9 Å². The number of carbonyl (C=O) groups is 1. The van der Waals surface area contributed by atoms with Crippen LogP contribution in [0.15, 0.2) is 0 Å². The monoisotopic (exact) mass is 292 g/mol. The van der Waals surface area contributed by atoms with E-state index in [0.29, 0.717) is 0 Å². The van der Waals surface area contributed by atoms with Crippen LogP contribution in [-0.2, 0) is 19.0 Å². The van der Waals surface area contributed by atoms with E-state index in [1.165, 1.54) is 0 Å². The summed E-state index contributed by atoms with van der Waals surface area (Å²) in [5.74, 6) is -0.678. The first-order valence-electron chi connectivity index (χ1n) is 5.60. The molecule has 0 aromatic heterocycles. The Hall–Kier alpha value is 0.0300. The van der Waals surface area contributed by atoms with Crippen LogP contribution >= 0.6 is 15.9 Å². The molecule has 0 amide bonds. The number of rotatable bonds is 5. The third-order valence-corrected chi connectivity index (χ3v) is 3.43. The van der Waals surface area contributed by atoms with Crippen molar-refractivity contribution in [1.29, 1.82) is 0 Å². The molecule has 2 fully saturated rings. The van der Waals surface area contributed by atoms with Gasteiger partial charge in [-0.05, 0) is 26.7 Å². The number of carbonyl (C=O) groups excluding carboxylic acids is 1. The van der Waals surface area contributed by atoms with Gasteiger partial charge in [0.15, 0.2) is 12.1 Å². The van der Waals surface area contributed by atoms with Gasteiger partial charge >= 0.3 is 0 Å². The predicted octanol–water partition coefficient (Wildman–Crippen LogP) is 1.65. The molecular weight excluding hydrogens is 276 g/mol. The number of alkyl halides is 1. The topological polar surface area (TPSA) is 48.1 Å². The second-order valence-corrected chi connectivity index (χ2v) is 5.46. The molecule has 0 aromatic rings. The molecule has 16 heavy (non-hydrogen) atoms. The van der Waals surface area contributed by atoms with E-state index in [-0.39, 0.29) is 18.3 Å². The van der Waals surface area contributed by atoms with Gasteiger partial charge in [-0.15, -0.1) is 0 Å². The van der Waals surface area contributed by atoms with Gasteiger partial charge in [-0.1, -0.05) is 15.9 Å². The highest BCUT2D eigenvalue weighted by molar-refractivity contribution is 9.09. The molecular formula is C11H17BrO4. The molecule has 2 aliphatic rings. The van der Waals surface area contributed by atoms with Crippen molar-refractivity contribution in [3.63, 3.8) is 0 Å². The van der Waals surface area contributed by atoms with Crippen molar-refractivity contribution in [3.05, 3.63) is 0 Å². The maximum atomic E-state index is 10.9. The molecule has 2 aliphatic heterocycles. The minimum absolute atomic E-state index is 0.0241. The zero-order valence-corrected chi connectivity index (χ0v) is 11.1. The van der Waals surface area contributed by atoms with E-state index < -0.39 is 11.9 Å². The second-order valence-electron chi connectivity index (χ2n) is 4.67. The number of ether oxygens (including phenoxy) is 3. The third-order valence-electron chi connectivity index (χ3n) is 2.87. The van der Waals surface area contributed by atoms with Crippen LogP contribution in [0, 0.1) is 0 Å². The summed E-state index contributed by atoms with van der Waals surface area (Å²) in [6.07, 6.45) is 2.40. The SMILES string of the molecule is CC1(C)O[C@@H]([C@H]2O[C@@H]2CCCBr)[C@@H](C=O)O1. The second kappa shape index (κ2) is 4.72. The van der Waals surface area contributed by atoms with Gasteiger partial charge in [-0.25, -0.2) is 0 Å². The summed E-state index contributed by atoms with van der Waals surface area (Å²) in [6, 6.07) is 0. The van der Waals surface area contributed by atoms with E-state index in [1.807, 2.05) is 13.8 Å². The molecule has 0 saturated carbocycles. The Morgan fingerprint density at radius 3 is 2.69 bits per heavy atom. The molecule has 2 rings (SSSR count). The molecule has 0 spiro atoms. The van der Waals surface area contributed by atoms with Gasteiger partial charge in [0.05, 0.1) is 6.10 Å². The molecule has 2 saturated heterocycles. The van der Waals surface area contributed by atoms with Crippen molar-refractivity contribution in [2.75, 3.05) is 5.33 Å². The lowest BCUT2D eigenvalue weighted by atomic mass is 10.1. The van der Waals surface area contributed by atoms with Crippen LogP contribution in [0.2, 0.25) is 0 Å². The first kappa shape index (κ1) is 12.5. The lowest BCUT2D eigenvalue weighted by molar-refractivity contribution is -0.151. The molecule has 4 nitrogen and oxygen atoms in total. The normalized spacial score (nSPS) is 40.9. The van der Waals surface area contributed by atoms with Crippen molar-refractivity contribution in [2.24, 2.45) is 0 Å². The Labute approximate surface area is 104 Å². The molecule has 0 aliphatic carbocycles. The summed E-state index contributed by atoms with van der Waals surface area (Å²) in [6.45, 7) is 3.64. The Kier molecular flexibility index (Phi) is 3.69. The molecule has 0 aromatic carbocycles. The Morgan fingerprint density at radius 2 is 2.06 bits per heavy atom. The zero-order chi connectivity index (χ0) is 11.8. The standard InChI is InChI=1S/C11H17BrO4/c1-11(2)15-8(6-13)10(16-11)9-7(14-9)4-3-5-12/h6-10H,3-5H2,1-2H3/t7-,8-,9+,10-/m1/s1. The van der Waals surface area contributed by atoms with Crippen LogP contribution in [0.1, 0.15) is 26.7 Å². The van der Waals surface area contributed by atoms with E-state index >= 15 is 0 Å². The van der Waals surface area contributed by atoms with Crippen molar-refractivity contribution in [3.8, 4) is 0 Å². The van der Waals surface area contributed by atoms with Crippen molar-refractivity contribution in [1.82, 2.24) is 0 Å². The van der Waals surface area contributed by atoms with E-state index in [1.54, 1.807) is 0 Å². The number of halogens is 1. The van der Waals surface area contributed by atoms with Crippen molar-refractivity contribution < 1.29 is 19.0 Å². The maximum absolute atomic E-state index is 10.9. The Morgan fingerprint density at radius 1 is 1.31 bits per heavy atom. The minimum Gasteiger partial charge on any atom is -0.367 e. The van der Waals surface area contributed by atoms with Gasteiger partial charge in [-0.2, -0.15) is 0 Å². The molecule has 4 atom stereocenters. The van der Waals surface area contributed by atoms with Crippen LogP contribution in [0.5, 0.6) is 0 Å². The summed E-state index contributed by atoms with van der Waals surface area (Å²) in [4.78, 5) is 10.9. The molecule has 0 bridgehead atoms. The zero-order valence-electron chi connectivity index (χ0n) is 9.52. The smallest absolute Gasteiger partial charge is 0.164 e. The van der Waals surface area contributed by atoms with Gasteiger partial charge in [0.1, 0.15) is 18.3 Å². The average molecular weight is 293 g/mol. The average Bonchev–Trinajstić information content (AvgIpc) is 2.93. The molecule has 0 unspecified atom stereocenters. The lowest BCUT2D eigenvalue weighted by Gasteiger charge is -2.15. The Balaban J connectivity index is 1.88. The highest BCUT2D eigenvalue weighted by Crippen LogP contribution is 2.39. The molecule has 0 radical (unpaired) electrons. The minimum atomic E-state index is -0.678. The maximum Gasteiger partial charge on any atom is 0.164 e. The van der Waals surface area contributed by atoms with Crippen LogP contribution in [-0.4, -0.2) is 41.8 Å². The van der Waals surface area contributed by atoms with Gasteiger partial charge in [0.25, 0.3) is 0 Å².